The Bertz CT molecular complexity index is 1380. The maximum absolute atomic E-state index is 14.5. The zero-order chi connectivity index (χ0) is 21.4. The molecule has 3 aromatic heterocycles. The predicted molar refractivity (Wildman–Crippen MR) is 107 cm³/mol. The number of aromatic nitrogens is 7. The first kappa shape index (κ1) is 18.8. The molecule has 0 saturated heterocycles. The van der Waals surface area contributed by atoms with E-state index in [1.807, 2.05) is 30.3 Å². The van der Waals surface area contributed by atoms with Crippen LogP contribution in [0.2, 0.25) is 0 Å². The van der Waals surface area contributed by atoms with Gasteiger partial charge in [0.1, 0.15) is 30.1 Å². The lowest BCUT2D eigenvalue weighted by Gasteiger charge is -2.06. The highest BCUT2D eigenvalue weighted by Gasteiger charge is 2.21. The number of aryl methyl sites for hydroxylation is 1. The quantitative estimate of drug-likeness (QED) is 0.434. The lowest BCUT2D eigenvalue weighted by atomic mass is 10.1. The average molecular weight is 419 g/mol. The fourth-order valence-corrected chi connectivity index (χ4v) is 3.27. The normalized spacial score (nSPS) is 11.2. The first-order chi connectivity index (χ1) is 15.1. The molecule has 0 N–H and O–H groups in total. The molecule has 154 valence electrons. The average Bonchev–Trinajstić information content (AvgIpc) is 3.37. The molecule has 0 unspecified atom stereocenters. The largest absolute Gasteiger partial charge is 0.468 e. The molecule has 31 heavy (non-hydrogen) atoms. The third-order valence-corrected chi connectivity index (χ3v) is 4.80. The number of benzene rings is 2. The van der Waals surface area contributed by atoms with Crippen LogP contribution in [0.5, 0.6) is 5.88 Å². The molecule has 8 nitrogen and oxygen atoms in total. The molecular formula is C21H15F2N7O. The van der Waals surface area contributed by atoms with Crippen molar-refractivity contribution in [3.05, 3.63) is 78.5 Å². The predicted octanol–water partition coefficient (Wildman–Crippen LogP) is 3.44. The highest BCUT2D eigenvalue weighted by atomic mass is 19.1. The summed E-state index contributed by atoms with van der Waals surface area (Å²) >= 11 is 0. The van der Waals surface area contributed by atoms with Crippen molar-refractivity contribution in [2.75, 3.05) is 0 Å². The Morgan fingerprint density at radius 1 is 1.06 bits per heavy atom. The van der Waals surface area contributed by atoms with E-state index >= 15 is 0 Å². The molecule has 0 aliphatic carbocycles. The van der Waals surface area contributed by atoms with Gasteiger partial charge in [-0.15, -0.1) is 10.2 Å². The Morgan fingerprint density at radius 3 is 2.68 bits per heavy atom. The summed E-state index contributed by atoms with van der Waals surface area (Å²) in [4.78, 5) is 4.15. The Balaban J connectivity index is 1.70. The minimum absolute atomic E-state index is 0.0555. The first-order valence-electron chi connectivity index (χ1n) is 9.33. The van der Waals surface area contributed by atoms with E-state index in [0.29, 0.717) is 16.9 Å². The van der Waals surface area contributed by atoms with Gasteiger partial charge in [0.2, 0.25) is 5.88 Å². The van der Waals surface area contributed by atoms with Crippen molar-refractivity contribution < 1.29 is 13.5 Å². The fourth-order valence-electron chi connectivity index (χ4n) is 3.27. The van der Waals surface area contributed by atoms with E-state index in [2.05, 4.69) is 25.4 Å². The van der Waals surface area contributed by atoms with Gasteiger partial charge in [0.15, 0.2) is 11.6 Å². The number of halogens is 2. The smallest absolute Gasteiger partial charge is 0.242 e. The van der Waals surface area contributed by atoms with E-state index in [0.717, 1.165) is 23.8 Å². The van der Waals surface area contributed by atoms with Gasteiger partial charge in [-0.1, -0.05) is 30.3 Å². The maximum atomic E-state index is 14.5. The molecule has 2 aromatic carbocycles. The van der Waals surface area contributed by atoms with Crippen LogP contribution in [0.4, 0.5) is 8.78 Å². The van der Waals surface area contributed by atoms with Crippen molar-refractivity contribution in [1.29, 1.82) is 0 Å². The minimum atomic E-state index is -0.637. The molecule has 0 amide bonds. The van der Waals surface area contributed by atoms with Gasteiger partial charge in [-0.2, -0.15) is 10.2 Å². The van der Waals surface area contributed by atoms with Gasteiger partial charge in [-0.25, -0.2) is 18.3 Å². The fraction of sp³-hybridized carbons (Fsp3) is 0.0952. The first-order valence-corrected chi connectivity index (χ1v) is 9.33. The number of nitrogens with zero attached hydrogens (tertiary/aromatic N) is 7. The Morgan fingerprint density at radius 2 is 1.90 bits per heavy atom. The van der Waals surface area contributed by atoms with Gasteiger partial charge >= 0.3 is 0 Å². The minimum Gasteiger partial charge on any atom is -0.468 e. The number of hydrogen-bond acceptors (Lipinski definition) is 6. The second kappa shape index (κ2) is 7.56. The van der Waals surface area contributed by atoms with Crippen molar-refractivity contribution in [3.8, 4) is 28.4 Å². The zero-order valence-corrected chi connectivity index (χ0v) is 16.3. The van der Waals surface area contributed by atoms with Gasteiger partial charge in [0.05, 0.1) is 17.3 Å². The molecule has 0 spiro atoms. The summed E-state index contributed by atoms with van der Waals surface area (Å²) < 4.78 is 37.2. The van der Waals surface area contributed by atoms with Crippen molar-refractivity contribution in [1.82, 2.24) is 34.6 Å². The number of rotatable bonds is 5. The Labute approximate surface area is 174 Å². The summed E-state index contributed by atoms with van der Waals surface area (Å²) in [5, 5.41) is 16.6. The molecular weight excluding hydrogens is 404 g/mol. The third-order valence-electron chi connectivity index (χ3n) is 4.80. The molecule has 0 atom stereocenters. The zero-order valence-electron chi connectivity index (χ0n) is 16.3. The van der Waals surface area contributed by atoms with Crippen molar-refractivity contribution in [3.63, 3.8) is 0 Å². The van der Waals surface area contributed by atoms with E-state index < -0.39 is 11.6 Å². The molecule has 5 rings (SSSR count). The molecule has 5 aromatic rings. The second-order valence-electron chi connectivity index (χ2n) is 6.72. The lowest BCUT2D eigenvalue weighted by Crippen LogP contribution is -2.05. The topological polar surface area (TPSA) is 83.0 Å². The standard InChI is InChI=1S/C21H15F2N7O/c1-29-18(24-12-26-29)11-31-21-19(13-5-3-2-4-6-13)17-10-25-27-20(30(17)28-21)15-9-14(22)7-8-16(15)23/h2-10,12H,11H2,1H3. The van der Waals surface area contributed by atoms with Crippen LogP contribution in [-0.2, 0) is 13.7 Å². The summed E-state index contributed by atoms with van der Waals surface area (Å²) in [5.41, 5.74) is 1.95. The third kappa shape index (κ3) is 3.37. The Hall–Kier alpha value is -4.21. The van der Waals surface area contributed by atoms with Crippen LogP contribution in [-0.4, -0.2) is 34.6 Å². The van der Waals surface area contributed by atoms with Crippen LogP contribution in [0.3, 0.4) is 0 Å². The molecule has 10 heteroatoms. The summed E-state index contributed by atoms with van der Waals surface area (Å²) in [6.45, 7) is 0.116. The summed E-state index contributed by atoms with van der Waals surface area (Å²) in [7, 11) is 1.76. The van der Waals surface area contributed by atoms with Gasteiger partial charge < -0.3 is 4.74 Å². The molecule has 0 aliphatic heterocycles. The SMILES string of the molecule is Cn1ncnc1COc1nn2c(-c3cc(F)ccc3F)nncc2c1-c1ccccc1. The van der Waals surface area contributed by atoms with E-state index in [4.69, 9.17) is 4.74 Å². The molecule has 0 radical (unpaired) electrons. The molecule has 0 fully saturated rings. The van der Waals surface area contributed by atoms with Gasteiger partial charge in [0, 0.05) is 7.05 Å². The van der Waals surface area contributed by atoms with Crippen molar-refractivity contribution in [2.24, 2.45) is 7.05 Å². The van der Waals surface area contributed by atoms with Crippen LogP contribution in [0, 0.1) is 11.6 Å². The van der Waals surface area contributed by atoms with Crippen molar-refractivity contribution >= 4 is 5.52 Å². The number of ether oxygens (including phenoxy) is 1. The van der Waals surface area contributed by atoms with Gasteiger partial charge in [-0.3, -0.25) is 4.68 Å². The van der Waals surface area contributed by atoms with E-state index in [1.54, 1.807) is 11.7 Å². The summed E-state index contributed by atoms with van der Waals surface area (Å²) in [6, 6.07) is 12.6. The molecule has 3 heterocycles. The summed E-state index contributed by atoms with van der Waals surface area (Å²) in [5.74, 6) is -0.295. The van der Waals surface area contributed by atoms with Crippen LogP contribution in [0.1, 0.15) is 5.82 Å². The highest BCUT2D eigenvalue weighted by Crippen LogP contribution is 2.35. The van der Waals surface area contributed by atoms with Gasteiger partial charge in [0.25, 0.3) is 0 Å². The molecule has 0 aliphatic rings. The highest BCUT2D eigenvalue weighted by molar-refractivity contribution is 5.85. The van der Waals surface area contributed by atoms with Crippen LogP contribution >= 0.6 is 0 Å². The van der Waals surface area contributed by atoms with Gasteiger partial charge in [-0.05, 0) is 23.8 Å². The molecule has 0 bridgehead atoms. The lowest BCUT2D eigenvalue weighted by molar-refractivity contribution is 0.278. The molecule has 0 saturated carbocycles. The number of hydrogen-bond donors (Lipinski definition) is 0. The second-order valence-corrected chi connectivity index (χ2v) is 6.72. The van der Waals surface area contributed by atoms with Crippen LogP contribution in [0.15, 0.2) is 61.1 Å². The maximum Gasteiger partial charge on any atom is 0.242 e. The number of fused-ring (bicyclic) bond motifs is 1. The van der Waals surface area contributed by atoms with E-state index in [9.17, 15) is 8.78 Å². The van der Waals surface area contributed by atoms with Crippen molar-refractivity contribution in [2.45, 2.75) is 6.61 Å². The summed E-state index contributed by atoms with van der Waals surface area (Å²) in [6.07, 6.45) is 2.93. The monoisotopic (exact) mass is 419 g/mol. The van der Waals surface area contributed by atoms with E-state index in [-0.39, 0.29) is 23.9 Å². The van der Waals surface area contributed by atoms with Crippen LogP contribution < -0.4 is 4.74 Å². The van der Waals surface area contributed by atoms with Crippen LogP contribution in [0.25, 0.3) is 28.0 Å². The Kier molecular flexibility index (Phi) is 4.58. The van der Waals surface area contributed by atoms with E-state index in [1.165, 1.54) is 17.0 Å².